The van der Waals surface area contributed by atoms with Crippen molar-refractivity contribution >= 4 is 11.8 Å². The second-order valence-corrected chi connectivity index (χ2v) is 4.41. The fourth-order valence-electron chi connectivity index (χ4n) is 1.96. The number of ether oxygens (including phenoxy) is 1. The monoisotopic (exact) mass is 266 g/mol. The van der Waals surface area contributed by atoms with Crippen LogP contribution in [0.5, 0.6) is 0 Å². The topological polar surface area (TPSA) is 67.4 Å². The van der Waals surface area contributed by atoms with E-state index < -0.39 is 12.1 Å². The highest BCUT2D eigenvalue weighted by Crippen LogP contribution is 2.08. The van der Waals surface area contributed by atoms with Crippen LogP contribution in [0.1, 0.15) is 5.56 Å². The molecule has 1 fully saturated rings. The summed E-state index contributed by atoms with van der Waals surface area (Å²) in [5.41, 5.74) is 0.784. The van der Waals surface area contributed by atoms with Crippen LogP contribution in [0.25, 0.3) is 0 Å². The van der Waals surface area contributed by atoms with E-state index in [9.17, 15) is 14.0 Å². The number of methoxy groups -OCH3 is 1. The van der Waals surface area contributed by atoms with Crippen molar-refractivity contribution in [3.63, 3.8) is 0 Å². The number of nitrogens with one attached hydrogen (secondary N) is 2. The molecule has 5 nitrogen and oxygen atoms in total. The predicted molar refractivity (Wildman–Crippen MR) is 65.8 cm³/mol. The quantitative estimate of drug-likeness (QED) is 0.806. The molecular formula is C13H15FN2O3. The van der Waals surface area contributed by atoms with Crippen molar-refractivity contribution < 1.29 is 18.7 Å². The highest BCUT2D eigenvalue weighted by molar-refractivity contribution is 5.97. The molecule has 2 N–H and O–H groups in total. The normalized spacial score (nSPS) is 22.8. The molecule has 2 amide bonds. The summed E-state index contributed by atoms with van der Waals surface area (Å²) >= 11 is 0. The summed E-state index contributed by atoms with van der Waals surface area (Å²) in [5, 5.41) is 5.24. The van der Waals surface area contributed by atoms with Gasteiger partial charge in [0.05, 0.1) is 6.61 Å². The Hall–Kier alpha value is -1.95. The van der Waals surface area contributed by atoms with Crippen molar-refractivity contribution in [1.82, 2.24) is 10.6 Å². The molecule has 6 heteroatoms. The summed E-state index contributed by atoms with van der Waals surface area (Å²) in [4.78, 5) is 23.6. The molecule has 19 heavy (non-hydrogen) atoms. The molecule has 1 aromatic rings. The van der Waals surface area contributed by atoms with Gasteiger partial charge in [-0.1, -0.05) is 12.1 Å². The van der Waals surface area contributed by atoms with Gasteiger partial charge in [-0.05, 0) is 17.7 Å². The predicted octanol–water partition coefficient (Wildman–Crippen LogP) is -0.00220. The van der Waals surface area contributed by atoms with E-state index in [2.05, 4.69) is 10.6 Å². The summed E-state index contributed by atoms with van der Waals surface area (Å²) in [6.07, 6.45) is 0.331. The Morgan fingerprint density at radius 2 is 1.68 bits per heavy atom. The Labute approximate surface area is 110 Å². The van der Waals surface area contributed by atoms with E-state index in [0.717, 1.165) is 5.56 Å². The van der Waals surface area contributed by atoms with Crippen LogP contribution in [0.4, 0.5) is 4.39 Å². The number of rotatable bonds is 4. The second kappa shape index (κ2) is 5.79. The van der Waals surface area contributed by atoms with E-state index in [1.165, 1.54) is 19.2 Å². The standard InChI is InChI=1S/C13H15FN2O3/c1-19-7-11-13(18)15-10(12(17)16-11)6-8-2-4-9(14)5-3-8/h2-5,10-11H,6-7H2,1H3,(H,15,18)(H,16,17)/t10-,11+/m1/s1. The smallest absolute Gasteiger partial charge is 0.245 e. The van der Waals surface area contributed by atoms with E-state index in [-0.39, 0.29) is 24.2 Å². The lowest BCUT2D eigenvalue weighted by atomic mass is 10.0. The molecule has 0 radical (unpaired) electrons. The minimum absolute atomic E-state index is 0.140. The third-order valence-electron chi connectivity index (χ3n) is 2.95. The average Bonchev–Trinajstić information content (AvgIpc) is 2.38. The molecule has 0 spiro atoms. The van der Waals surface area contributed by atoms with Gasteiger partial charge in [0.25, 0.3) is 0 Å². The third kappa shape index (κ3) is 3.29. The molecular weight excluding hydrogens is 251 g/mol. The average molecular weight is 266 g/mol. The first-order valence-corrected chi connectivity index (χ1v) is 5.94. The lowest BCUT2D eigenvalue weighted by molar-refractivity contribution is -0.138. The molecule has 0 bridgehead atoms. The lowest BCUT2D eigenvalue weighted by Crippen LogP contribution is -2.63. The number of carbonyl (C=O) groups is 2. The van der Waals surface area contributed by atoms with E-state index >= 15 is 0 Å². The molecule has 0 aromatic heterocycles. The van der Waals surface area contributed by atoms with Gasteiger partial charge in [-0.3, -0.25) is 9.59 Å². The summed E-state index contributed by atoms with van der Waals surface area (Å²) in [6.45, 7) is 0.140. The van der Waals surface area contributed by atoms with Crippen LogP contribution in [0.2, 0.25) is 0 Å². The molecule has 1 aliphatic heterocycles. The highest BCUT2D eigenvalue weighted by Gasteiger charge is 2.33. The van der Waals surface area contributed by atoms with Gasteiger partial charge in [-0.2, -0.15) is 0 Å². The summed E-state index contributed by atoms with van der Waals surface area (Å²) in [6, 6.07) is 4.55. The molecule has 1 heterocycles. The Bertz CT molecular complexity index is 475. The van der Waals surface area contributed by atoms with Crippen molar-refractivity contribution in [1.29, 1.82) is 0 Å². The molecule has 0 saturated carbocycles. The SMILES string of the molecule is COC[C@@H]1NC(=O)[C@@H](Cc2ccc(F)cc2)NC1=O. The number of amides is 2. The maximum Gasteiger partial charge on any atom is 0.245 e. The molecule has 1 aromatic carbocycles. The van der Waals surface area contributed by atoms with Gasteiger partial charge in [-0.15, -0.1) is 0 Å². The molecule has 0 aliphatic carbocycles. The minimum Gasteiger partial charge on any atom is -0.382 e. The number of hydrogen-bond donors (Lipinski definition) is 2. The minimum atomic E-state index is -0.651. The zero-order valence-electron chi connectivity index (χ0n) is 10.5. The molecule has 1 saturated heterocycles. The Balaban J connectivity index is 2.00. The summed E-state index contributed by atoms with van der Waals surface area (Å²) < 4.78 is 17.6. The van der Waals surface area contributed by atoms with Crippen LogP contribution in [0.15, 0.2) is 24.3 Å². The van der Waals surface area contributed by atoms with Crippen molar-refractivity contribution in [3.8, 4) is 0 Å². The van der Waals surface area contributed by atoms with Crippen LogP contribution < -0.4 is 10.6 Å². The van der Waals surface area contributed by atoms with Gasteiger partial charge in [0.15, 0.2) is 0 Å². The molecule has 2 atom stereocenters. The lowest BCUT2D eigenvalue weighted by Gasteiger charge is -2.29. The molecule has 1 aliphatic rings. The fraction of sp³-hybridized carbons (Fsp3) is 0.385. The van der Waals surface area contributed by atoms with E-state index in [0.29, 0.717) is 6.42 Å². The molecule has 0 unspecified atom stereocenters. The van der Waals surface area contributed by atoms with Crippen LogP contribution in [-0.4, -0.2) is 37.6 Å². The largest absolute Gasteiger partial charge is 0.382 e. The van der Waals surface area contributed by atoms with E-state index in [1.54, 1.807) is 12.1 Å². The van der Waals surface area contributed by atoms with Crippen molar-refractivity contribution in [2.24, 2.45) is 0 Å². The van der Waals surface area contributed by atoms with Gasteiger partial charge >= 0.3 is 0 Å². The first-order valence-electron chi connectivity index (χ1n) is 5.94. The van der Waals surface area contributed by atoms with Gasteiger partial charge in [0.2, 0.25) is 11.8 Å². The van der Waals surface area contributed by atoms with Crippen LogP contribution in [0.3, 0.4) is 0 Å². The van der Waals surface area contributed by atoms with Gasteiger partial charge < -0.3 is 15.4 Å². The van der Waals surface area contributed by atoms with Crippen LogP contribution in [-0.2, 0) is 20.7 Å². The second-order valence-electron chi connectivity index (χ2n) is 4.41. The number of benzene rings is 1. The molecule has 102 valence electrons. The van der Waals surface area contributed by atoms with Crippen molar-refractivity contribution in [3.05, 3.63) is 35.6 Å². The molecule has 2 rings (SSSR count). The van der Waals surface area contributed by atoms with Crippen molar-refractivity contribution in [2.45, 2.75) is 18.5 Å². The van der Waals surface area contributed by atoms with E-state index in [4.69, 9.17) is 4.74 Å². The number of hydrogen-bond acceptors (Lipinski definition) is 3. The number of halogens is 1. The van der Waals surface area contributed by atoms with Crippen LogP contribution >= 0.6 is 0 Å². The van der Waals surface area contributed by atoms with Gasteiger partial charge in [0, 0.05) is 13.5 Å². The van der Waals surface area contributed by atoms with Gasteiger partial charge in [-0.25, -0.2) is 4.39 Å². The Morgan fingerprint density at radius 1 is 1.11 bits per heavy atom. The maximum atomic E-state index is 12.8. The van der Waals surface area contributed by atoms with E-state index in [1.807, 2.05) is 0 Å². The number of piperazine rings is 1. The summed E-state index contributed by atoms with van der Waals surface area (Å²) in [5.74, 6) is -0.861. The van der Waals surface area contributed by atoms with Gasteiger partial charge in [0.1, 0.15) is 17.9 Å². The Morgan fingerprint density at radius 3 is 2.32 bits per heavy atom. The maximum absolute atomic E-state index is 12.8. The van der Waals surface area contributed by atoms with Crippen molar-refractivity contribution in [2.75, 3.05) is 13.7 Å². The first kappa shape index (κ1) is 13.5. The zero-order chi connectivity index (χ0) is 13.8. The first-order chi connectivity index (χ1) is 9.10. The number of carbonyl (C=O) groups excluding carboxylic acids is 2. The van der Waals surface area contributed by atoms with Crippen LogP contribution in [0, 0.1) is 5.82 Å². The zero-order valence-corrected chi connectivity index (χ0v) is 10.5. The Kier molecular flexibility index (Phi) is 4.11. The fourth-order valence-corrected chi connectivity index (χ4v) is 1.96. The summed E-state index contributed by atoms with van der Waals surface area (Å²) in [7, 11) is 1.46. The third-order valence-corrected chi connectivity index (χ3v) is 2.95. The highest BCUT2D eigenvalue weighted by atomic mass is 19.1.